The summed E-state index contributed by atoms with van der Waals surface area (Å²) in [6.45, 7) is 0. The first-order valence-corrected chi connectivity index (χ1v) is 6.88. The number of halogens is 2. The van der Waals surface area contributed by atoms with Crippen molar-refractivity contribution in [1.29, 1.82) is 0 Å². The van der Waals surface area contributed by atoms with Gasteiger partial charge in [-0.2, -0.15) is 0 Å². The molecule has 19 heavy (non-hydrogen) atoms. The molecule has 94 valence electrons. The second-order valence-electron chi connectivity index (χ2n) is 4.10. The van der Waals surface area contributed by atoms with Crippen LogP contribution in [0.15, 0.2) is 47.8 Å². The van der Waals surface area contributed by atoms with E-state index in [1.807, 2.05) is 24.3 Å². The topological polar surface area (TPSA) is 17.1 Å². The van der Waals surface area contributed by atoms with E-state index >= 15 is 0 Å². The van der Waals surface area contributed by atoms with Gasteiger partial charge >= 0.3 is 0 Å². The number of benzene rings is 2. The molecule has 0 aliphatic carbocycles. The van der Waals surface area contributed by atoms with Crippen LogP contribution in [0, 0.1) is 5.82 Å². The third-order valence-corrected chi connectivity index (χ3v) is 4.10. The summed E-state index contributed by atoms with van der Waals surface area (Å²) in [5, 5.41) is 2.90. The SMILES string of the molecule is O=C(c1ccc(Cl)cc1F)c1csc2ccccc12. The van der Waals surface area contributed by atoms with Crippen LogP contribution in [-0.2, 0) is 0 Å². The minimum Gasteiger partial charge on any atom is -0.288 e. The van der Waals surface area contributed by atoms with Crippen molar-refractivity contribution in [2.75, 3.05) is 0 Å². The highest BCUT2D eigenvalue weighted by molar-refractivity contribution is 7.17. The van der Waals surface area contributed by atoms with Crippen molar-refractivity contribution in [2.45, 2.75) is 0 Å². The van der Waals surface area contributed by atoms with E-state index in [9.17, 15) is 9.18 Å². The number of hydrogen-bond acceptors (Lipinski definition) is 2. The Kier molecular flexibility index (Phi) is 3.09. The lowest BCUT2D eigenvalue weighted by Gasteiger charge is -2.02. The van der Waals surface area contributed by atoms with Gasteiger partial charge in [0.05, 0.1) is 5.56 Å². The van der Waals surface area contributed by atoms with Gasteiger partial charge in [0.1, 0.15) is 5.82 Å². The number of carbonyl (C=O) groups excluding carboxylic acids is 1. The standard InChI is InChI=1S/C15H8ClFOS/c16-9-5-6-11(13(17)7-9)15(18)12-8-19-14-4-2-1-3-10(12)14/h1-8H. The third-order valence-electron chi connectivity index (χ3n) is 2.90. The highest BCUT2D eigenvalue weighted by Crippen LogP contribution is 2.28. The molecule has 0 aliphatic rings. The maximum Gasteiger partial charge on any atom is 0.197 e. The van der Waals surface area contributed by atoms with E-state index in [0.29, 0.717) is 5.56 Å². The van der Waals surface area contributed by atoms with Gasteiger partial charge in [0, 0.05) is 26.1 Å². The minimum absolute atomic E-state index is 0.0490. The monoisotopic (exact) mass is 290 g/mol. The van der Waals surface area contributed by atoms with Gasteiger partial charge in [-0.05, 0) is 24.3 Å². The Balaban J connectivity index is 2.13. The zero-order valence-electron chi connectivity index (χ0n) is 9.69. The molecule has 0 saturated heterocycles. The van der Waals surface area contributed by atoms with E-state index in [1.54, 1.807) is 5.38 Å². The predicted octanol–water partition coefficient (Wildman–Crippen LogP) is 4.92. The van der Waals surface area contributed by atoms with Crippen molar-refractivity contribution < 1.29 is 9.18 Å². The summed E-state index contributed by atoms with van der Waals surface area (Å²) in [6, 6.07) is 11.7. The summed E-state index contributed by atoms with van der Waals surface area (Å²) in [4.78, 5) is 12.4. The minimum atomic E-state index is -0.590. The van der Waals surface area contributed by atoms with Crippen molar-refractivity contribution in [3.63, 3.8) is 0 Å². The smallest absolute Gasteiger partial charge is 0.197 e. The average Bonchev–Trinajstić information content (AvgIpc) is 2.82. The second kappa shape index (κ2) is 4.76. The number of ketones is 1. The first kappa shape index (κ1) is 12.3. The molecule has 3 rings (SSSR count). The Morgan fingerprint density at radius 2 is 1.89 bits per heavy atom. The van der Waals surface area contributed by atoms with Crippen LogP contribution in [0.4, 0.5) is 4.39 Å². The summed E-state index contributed by atoms with van der Waals surface area (Å²) in [5.74, 6) is -0.903. The predicted molar refractivity (Wildman–Crippen MR) is 76.7 cm³/mol. The number of rotatable bonds is 2. The molecular formula is C15H8ClFOS. The van der Waals surface area contributed by atoms with Crippen LogP contribution in [0.2, 0.25) is 5.02 Å². The lowest BCUT2D eigenvalue weighted by atomic mass is 10.0. The molecule has 3 aromatic rings. The Bertz CT molecular complexity index is 779. The molecule has 0 radical (unpaired) electrons. The van der Waals surface area contributed by atoms with Crippen LogP contribution in [-0.4, -0.2) is 5.78 Å². The number of fused-ring (bicyclic) bond motifs is 1. The van der Waals surface area contributed by atoms with Gasteiger partial charge in [-0.15, -0.1) is 11.3 Å². The molecule has 4 heteroatoms. The summed E-state index contributed by atoms with van der Waals surface area (Å²) >= 11 is 7.17. The van der Waals surface area contributed by atoms with E-state index in [0.717, 1.165) is 16.2 Å². The average molecular weight is 291 g/mol. The summed E-state index contributed by atoms with van der Waals surface area (Å²) < 4.78 is 14.8. The summed E-state index contributed by atoms with van der Waals surface area (Å²) in [5.41, 5.74) is 0.578. The zero-order valence-corrected chi connectivity index (χ0v) is 11.3. The van der Waals surface area contributed by atoms with Gasteiger partial charge in [-0.1, -0.05) is 29.8 Å². The van der Waals surface area contributed by atoms with E-state index in [-0.39, 0.29) is 16.4 Å². The first-order chi connectivity index (χ1) is 9.16. The lowest BCUT2D eigenvalue weighted by Crippen LogP contribution is -2.03. The Labute approximate surface area is 118 Å². The first-order valence-electron chi connectivity index (χ1n) is 5.63. The Hall–Kier alpha value is -1.71. The van der Waals surface area contributed by atoms with Crippen LogP contribution in [0.25, 0.3) is 10.1 Å². The number of carbonyl (C=O) groups is 1. The van der Waals surface area contributed by atoms with Crippen LogP contribution < -0.4 is 0 Å². The van der Waals surface area contributed by atoms with Gasteiger partial charge in [0.2, 0.25) is 0 Å². The van der Waals surface area contributed by atoms with Crippen LogP contribution in [0.5, 0.6) is 0 Å². The highest BCUT2D eigenvalue weighted by atomic mass is 35.5. The molecule has 0 amide bonds. The second-order valence-corrected chi connectivity index (χ2v) is 5.45. The molecule has 0 bridgehead atoms. The third kappa shape index (κ3) is 2.15. The largest absolute Gasteiger partial charge is 0.288 e. The zero-order chi connectivity index (χ0) is 13.4. The van der Waals surface area contributed by atoms with Crippen LogP contribution in [0.3, 0.4) is 0 Å². The van der Waals surface area contributed by atoms with Gasteiger partial charge in [-0.25, -0.2) is 4.39 Å². The van der Waals surface area contributed by atoms with E-state index < -0.39 is 5.82 Å². The highest BCUT2D eigenvalue weighted by Gasteiger charge is 2.17. The van der Waals surface area contributed by atoms with Crippen molar-refractivity contribution >= 4 is 38.8 Å². The van der Waals surface area contributed by atoms with Crippen molar-refractivity contribution in [3.8, 4) is 0 Å². The number of thiophene rings is 1. The number of hydrogen-bond donors (Lipinski definition) is 0. The maximum atomic E-state index is 13.8. The van der Waals surface area contributed by atoms with E-state index in [1.165, 1.54) is 23.5 Å². The summed E-state index contributed by atoms with van der Waals surface area (Å²) in [7, 11) is 0. The van der Waals surface area contributed by atoms with Crippen LogP contribution >= 0.6 is 22.9 Å². The Morgan fingerprint density at radius 1 is 1.11 bits per heavy atom. The van der Waals surface area contributed by atoms with Crippen LogP contribution in [0.1, 0.15) is 15.9 Å². The lowest BCUT2D eigenvalue weighted by molar-refractivity contribution is 0.103. The van der Waals surface area contributed by atoms with Crippen molar-refractivity contribution in [2.24, 2.45) is 0 Å². The van der Waals surface area contributed by atoms with Crippen molar-refractivity contribution in [1.82, 2.24) is 0 Å². The molecule has 0 fully saturated rings. The fourth-order valence-electron chi connectivity index (χ4n) is 1.97. The maximum absolute atomic E-state index is 13.8. The fourth-order valence-corrected chi connectivity index (χ4v) is 3.07. The molecule has 1 nitrogen and oxygen atoms in total. The van der Waals surface area contributed by atoms with Gasteiger partial charge < -0.3 is 0 Å². The molecule has 0 unspecified atom stereocenters. The quantitative estimate of drug-likeness (QED) is 0.612. The molecule has 0 N–H and O–H groups in total. The molecule has 0 saturated carbocycles. The molecule has 2 aromatic carbocycles. The molecule has 0 spiro atoms. The Morgan fingerprint density at radius 3 is 2.68 bits per heavy atom. The molecule has 1 aromatic heterocycles. The molecule has 1 heterocycles. The fraction of sp³-hybridized carbons (Fsp3) is 0. The summed E-state index contributed by atoms with van der Waals surface area (Å²) in [6.07, 6.45) is 0. The van der Waals surface area contributed by atoms with Crippen molar-refractivity contribution in [3.05, 3.63) is 69.8 Å². The molecular weight excluding hydrogens is 283 g/mol. The molecule has 0 atom stereocenters. The van der Waals surface area contributed by atoms with Gasteiger partial charge in [0.25, 0.3) is 0 Å². The normalized spacial score (nSPS) is 10.8. The van der Waals surface area contributed by atoms with E-state index in [2.05, 4.69) is 0 Å². The van der Waals surface area contributed by atoms with Gasteiger partial charge in [0.15, 0.2) is 5.78 Å². The van der Waals surface area contributed by atoms with E-state index in [4.69, 9.17) is 11.6 Å². The van der Waals surface area contributed by atoms with Gasteiger partial charge in [-0.3, -0.25) is 4.79 Å². The molecule has 0 aliphatic heterocycles.